The van der Waals surface area contributed by atoms with Gasteiger partial charge in [-0.05, 0) is 24.3 Å². The zero-order chi connectivity index (χ0) is 15.6. The van der Waals surface area contributed by atoms with Gasteiger partial charge in [-0.15, -0.1) is 22.7 Å². The van der Waals surface area contributed by atoms with Gasteiger partial charge in [-0.1, -0.05) is 12.5 Å². The van der Waals surface area contributed by atoms with Crippen LogP contribution in [0.4, 0.5) is 5.13 Å². The SMILES string of the molecule is O=C(Nc1nccs1)[C@@H]1CCCCN1S(=O)(=O)c1cccs1. The molecular formula is C13H15N3O3S3. The predicted molar refractivity (Wildman–Crippen MR) is 86.6 cm³/mol. The lowest BCUT2D eigenvalue weighted by Gasteiger charge is -2.32. The van der Waals surface area contributed by atoms with Crippen molar-refractivity contribution < 1.29 is 13.2 Å². The summed E-state index contributed by atoms with van der Waals surface area (Å²) in [6, 6.07) is 2.60. The van der Waals surface area contributed by atoms with Gasteiger partial charge in [-0.25, -0.2) is 13.4 Å². The van der Waals surface area contributed by atoms with E-state index in [9.17, 15) is 13.2 Å². The van der Waals surface area contributed by atoms with Crippen LogP contribution < -0.4 is 5.32 Å². The Morgan fingerprint density at radius 3 is 2.86 bits per heavy atom. The smallest absolute Gasteiger partial charge is 0.253 e. The fraction of sp³-hybridized carbons (Fsp3) is 0.385. The highest BCUT2D eigenvalue weighted by Gasteiger charge is 2.38. The second kappa shape index (κ2) is 6.45. The lowest BCUT2D eigenvalue weighted by molar-refractivity contribution is -0.120. The van der Waals surface area contributed by atoms with Crippen molar-refractivity contribution in [1.29, 1.82) is 0 Å². The average molecular weight is 357 g/mol. The van der Waals surface area contributed by atoms with E-state index in [0.717, 1.165) is 12.8 Å². The van der Waals surface area contributed by atoms with Crippen LogP contribution >= 0.6 is 22.7 Å². The molecule has 3 heterocycles. The Kier molecular flexibility index (Phi) is 4.57. The number of rotatable bonds is 4. The number of piperidine rings is 1. The minimum atomic E-state index is -3.62. The minimum absolute atomic E-state index is 0.279. The molecule has 1 fully saturated rings. The lowest BCUT2D eigenvalue weighted by Crippen LogP contribution is -2.49. The molecule has 1 N–H and O–H groups in total. The van der Waals surface area contributed by atoms with Crippen LogP contribution in [0.2, 0.25) is 0 Å². The van der Waals surface area contributed by atoms with Gasteiger partial charge in [0.2, 0.25) is 5.91 Å². The number of nitrogens with zero attached hydrogens (tertiary/aromatic N) is 2. The van der Waals surface area contributed by atoms with E-state index >= 15 is 0 Å². The Bertz CT molecular complexity index is 726. The summed E-state index contributed by atoms with van der Waals surface area (Å²) in [6.07, 6.45) is 3.74. The summed E-state index contributed by atoms with van der Waals surface area (Å²) in [5.41, 5.74) is 0. The third-order valence-corrected chi connectivity index (χ3v) is 7.45. The van der Waals surface area contributed by atoms with Crippen molar-refractivity contribution in [3.63, 3.8) is 0 Å². The lowest BCUT2D eigenvalue weighted by atomic mass is 10.0. The zero-order valence-electron chi connectivity index (χ0n) is 11.6. The summed E-state index contributed by atoms with van der Waals surface area (Å²) in [6.45, 7) is 0.371. The third-order valence-electron chi connectivity index (χ3n) is 3.48. The second-order valence-corrected chi connectivity index (χ2v) is 8.85. The fourth-order valence-corrected chi connectivity index (χ4v) is 5.76. The molecule has 0 unspecified atom stereocenters. The molecule has 22 heavy (non-hydrogen) atoms. The van der Waals surface area contributed by atoms with Gasteiger partial charge < -0.3 is 5.32 Å². The molecule has 1 aliphatic rings. The molecule has 2 aromatic heterocycles. The molecule has 3 rings (SSSR count). The second-order valence-electron chi connectivity index (χ2n) is 4.89. The molecule has 0 aromatic carbocycles. The van der Waals surface area contributed by atoms with E-state index in [1.165, 1.54) is 27.0 Å². The van der Waals surface area contributed by atoms with Gasteiger partial charge >= 0.3 is 0 Å². The molecule has 6 nitrogen and oxygen atoms in total. The van der Waals surface area contributed by atoms with E-state index < -0.39 is 16.1 Å². The van der Waals surface area contributed by atoms with Crippen molar-refractivity contribution in [2.75, 3.05) is 11.9 Å². The molecule has 0 bridgehead atoms. The molecule has 1 atom stereocenters. The molecule has 0 aliphatic carbocycles. The quantitative estimate of drug-likeness (QED) is 0.911. The minimum Gasteiger partial charge on any atom is -0.301 e. The number of thiophene rings is 1. The number of nitrogens with one attached hydrogen (secondary N) is 1. The first kappa shape index (κ1) is 15.6. The summed E-state index contributed by atoms with van der Waals surface area (Å²) in [5, 5.41) is 6.68. The topological polar surface area (TPSA) is 79.4 Å². The first-order valence-electron chi connectivity index (χ1n) is 6.85. The molecular weight excluding hydrogens is 342 g/mol. The molecule has 2 aromatic rings. The first-order chi connectivity index (χ1) is 10.6. The first-order valence-corrected chi connectivity index (χ1v) is 10.0. The van der Waals surface area contributed by atoms with Crippen molar-refractivity contribution >= 4 is 43.7 Å². The predicted octanol–water partition coefficient (Wildman–Crippen LogP) is 2.39. The molecule has 118 valence electrons. The van der Waals surface area contributed by atoms with Crippen molar-refractivity contribution in [3.8, 4) is 0 Å². The molecule has 9 heteroatoms. The molecule has 1 saturated heterocycles. The number of anilines is 1. The fourth-order valence-electron chi connectivity index (χ4n) is 2.45. The number of carbonyl (C=O) groups excluding carboxylic acids is 1. The van der Waals surface area contributed by atoms with E-state index in [0.29, 0.717) is 18.1 Å². The van der Waals surface area contributed by atoms with E-state index in [-0.39, 0.29) is 10.1 Å². The Labute approximate surface area is 136 Å². The van der Waals surface area contributed by atoms with Gasteiger partial charge in [-0.3, -0.25) is 4.79 Å². The molecule has 0 radical (unpaired) electrons. The monoisotopic (exact) mass is 357 g/mol. The van der Waals surface area contributed by atoms with Crippen LogP contribution in [-0.4, -0.2) is 36.2 Å². The number of thiazole rings is 1. The van der Waals surface area contributed by atoms with Gasteiger partial charge in [0, 0.05) is 18.1 Å². The highest BCUT2D eigenvalue weighted by atomic mass is 32.2. The summed E-state index contributed by atoms with van der Waals surface area (Å²) < 4.78 is 27.0. The van der Waals surface area contributed by atoms with Crippen molar-refractivity contribution in [3.05, 3.63) is 29.1 Å². The maximum absolute atomic E-state index is 12.7. The largest absolute Gasteiger partial charge is 0.301 e. The van der Waals surface area contributed by atoms with Crippen LogP contribution in [0.25, 0.3) is 0 Å². The van der Waals surface area contributed by atoms with Gasteiger partial charge in [0.25, 0.3) is 10.0 Å². The maximum Gasteiger partial charge on any atom is 0.253 e. The number of aromatic nitrogens is 1. The number of carbonyl (C=O) groups is 1. The maximum atomic E-state index is 12.7. The van der Waals surface area contributed by atoms with Crippen LogP contribution in [0.15, 0.2) is 33.3 Å². The van der Waals surface area contributed by atoms with Gasteiger partial charge in [-0.2, -0.15) is 4.31 Å². The Morgan fingerprint density at radius 1 is 1.32 bits per heavy atom. The van der Waals surface area contributed by atoms with Gasteiger partial charge in [0.1, 0.15) is 10.3 Å². The molecule has 0 spiro atoms. The van der Waals surface area contributed by atoms with Crippen LogP contribution in [0.5, 0.6) is 0 Å². The highest BCUT2D eigenvalue weighted by molar-refractivity contribution is 7.91. The summed E-state index contributed by atoms with van der Waals surface area (Å²) in [7, 11) is -3.62. The number of sulfonamides is 1. The number of hydrogen-bond donors (Lipinski definition) is 1. The Balaban J connectivity index is 1.84. The van der Waals surface area contributed by atoms with Crippen molar-refractivity contribution in [2.24, 2.45) is 0 Å². The summed E-state index contributed by atoms with van der Waals surface area (Å²) >= 11 is 2.48. The van der Waals surface area contributed by atoms with Crippen molar-refractivity contribution in [1.82, 2.24) is 9.29 Å². The molecule has 1 amide bonds. The normalized spacial score (nSPS) is 19.9. The average Bonchev–Trinajstić information content (AvgIpc) is 3.20. The van der Waals surface area contributed by atoms with Crippen LogP contribution in [0, 0.1) is 0 Å². The Morgan fingerprint density at radius 2 is 2.18 bits per heavy atom. The summed E-state index contributed by atoms with van der Waals surface area (Å²) in [4.78, 5) is 16.5. The molecule has 1 aliphatic heterocycles. The Hall–Kier alpha value is -1.29. The third kappa shape index (κ3) is 3.07. The zero-order valence-corrected chi connectivity index (χ0v) is 14.1. The van der Waals surface area contributed by atoms with E-state index in [4.69, 9.17) is 0 Å². The standard InChI is InChI=1S/C13H15N3O3S3/c17-12(15-13-14-6-9-21-13)10-4-1-2-7-16(10)22(18,19)11-5-3-8-20-11/h3,5-6,8-10H,1-2,4,7H2,(H,14,15,17)/t10-/m0/s1. The van der Waals surface area contributed by atoms with Gasteiger partial charge in [0.05, 0.1) is 0 Å². The van der Waals surface area contributed by atoms with Gasteiger partial charge in [0.15, 0.2) is 5.13 Å². The number of hydrogen-bond acceptors (Lipinski definition) is 6. The highest BCUT2D eigenvalue weighted by Crippen LogP contribution is 2.28. The van der Waals surface area contributed by atoms with Crippen LogP contribution in [0.3, 0.4) is 0 Å². The van der Waals surface area contributed by atoms with Crippen LogP contribution in [0.1, 0.15) is 19.3 Å². The summed E-state index contributed by atoms with van der Waals surface area (Å²) in [5.74, 6) is -0.310. The van der Waals surface area contributed by atoms with E-state index in [1.54, 1.807) is 29.1 Å². The van der Waals surface area contributed by atoms with Crippen LogP contribution in [-0.2, 0) is 14.8 Å². The van der Waals surface area contributed by atoms with E-state index in [2.05, 4.69) is 10.3 Å². The van der Waals surface area contributed by atoms with Crippen molar-refractivity contribution in [2.45, 2.75) is 29.5 Å². The van der Waals surface area contributed by atoms with E-state index in [1.807, 2.05) is 0 Å². The molecule has 0 saturated carbocycles. The number of amides is 1.